The Morgan fingerprint density at radius 3 is 1.36 bits per heavy atom. The molecule has 10 heteroatoms. The van der Waals surface area contributed by atoms with Gasteiger partial charge in [-0.25, -0.2) is 15.0 Å². The summed E-state index contributed by atoms with van der Waals surface area (Å²) in [5.41, 5.74) is 24.1. The summed E-state index contributed by atoms with van der Waals surface area (Å²) in [6.07, 6.45) is 2.41. The fraction of sp³-hybridized carbons (Fsp3) is 0.123. The first-order valence-electron chi connectivity index (χ1n) is 25.5. The molecule has 3 heterocycles. The van der Waals surface area contributed by atoms with Crippen LogP contribution in [0.2, 0.25) is 0 Å². The molecule has 3 saturated heterocycles. The molecular weight excluding hydrogens is 942 g/mol. The Morgan fingerprint density at radius 2 is 0.840 bits per heavy atom. The lowest BCUT2D eigenvalue weighted by atomic mass is 9.87. The van der Waals surface area contributed by atoms with Crippen molar-refractivity contribution in [2.45, 2.75) is 49.3 Å². The molecule has 12 rings (SSSR count). The number of anilines is 3. The summed E-state index contributed by atoms with van der Waals surface area (Å²) in [6.45, 7) is 0.229. The number of hydrogen-bond acceptors (Lipinski definition) is 4. The summed E-state index contributed by atoms with van der Waals surface area (Å²) < 4.78 is 0. The number of aliphatic imine (C=N–C) groups is 3. The highest BCUT2D eigenvalue weighted by molar-refractivity contribution is 6.22. The van der Waals surface area contributed by atoms with E-state index in [1.54, 1.807) is 0 Å². The average molecular weight is 995 g/mol. The Hall–Kier alpha value is -9.01. The zero-order valence-electron chi connectivity index (χ0n) is 41.1. The molecule has 9 nitrogen and oxygen atoms in total. The van der Waals surface area contributed by atoms with E-state index in [0.29, 0.717) is 0 Å². The highest BCUT2D eigenvalue weighted by Crippen LogP contribution is 2.46. The van der Waals surface area contributed by atoms with Crippen LogP contribution in [-0.4, -0.2) is 17.5 Å². The molecular formula is C65H52ClN9. The van der Waals surface area contributed by atoms with Crippen molar-refractivity contribution in [1.29, 1.82) is 0 Å². The monoisotopic (exact) mass is 993 g/mol. The molecule has 4 atom stereocenters. The van der Waals surface area contributed by atoms with Gasteiger partial charge in [0.1, 0.15) is 17.5 Å². The van der Waals surface area contributed by atoms with E-state index in [-0.39, 0.29) is 30.0 Å². The first-order chi connectivity index (χ1) is 37.0. The van der Waals surface area contributed by atoms with Crippen molar-refractivity contribution in [3.63, 3.8) is 0 Å². The van der Waals surface area contributed by atoms with Crippen molar-refractivity contribution in [3.8, 4) is 11.1 Å². The first kappa shape index (κ1) is 47.0. The normalized spacial score (nSPS) is 19.0. The Labute approximate surface area is 442 Å². The summed E-state index contributed by atoms with van der Waals surface area (Å²) in [5.74, 6) is 3.04. The van der Waals surface area contributed by atoms with E-state index in [4.69, 9.17) is 26.6 Å². The van der Waals surface area contributed by atoms with Gasteiger partial charge in [-0.3, -0.25) is 0 Å². The second kappa shape index (κ2) is 21.2. The molecule has 0 aliphatic carbocycles. The third kappa shape index (κ3) is 9.83. The van der Waals surface area contributed by atoms with Gasteiger partial charge in [-0.15, -0.1) is 11.6 Å². The number of rotatable bonds is 14. The minimum Gasteiger partial charge on any atom is -0.322 e. The lowest BCUT2D eigenvalue weighted by molar-refractivity contribution is 0.651. The van der Waals surface area contributed by atoms with Crippen molar-refractivity contribution in [3.05, 3.63) is 286 Å². The van der Waals surface area contributed by atoms with E-state index in [1.165, 1.54) is 11.1 Å². The number of benzene rings is 9. The Kier molecular flexibility index (Phi) is 13.3. The Balaban J connectivity index is 0.826. The number of azide groups is 1. The Bertz CT molecular complexity index is 3580. The van der Waals surface area contributed by atoms with E-state index in [9.17, 15) is 5.53 Å². The summed E-state index contributed by atoms with van der Waals surface area (Å²) >= 11 is 7.33. The summed E-state index contributed by atoms with van der Waals surface area (Å²) in [4.78, 5) is 25.5. The molecule has 75 heavy (non-hydrogen) atoms. The molecule has 4 unspecified atom stereocenters. The Morgan fingerprint density at radius 1 is 0.427 bits per heavy atom. The predicted octanol–water partition coefficient (Wildman–Crippen LogP) is 17.5. The zero-order valence-corrected chi connectivity index (χ0v) is 41.9. The highest BCUT2D eigenvalue weighted by atomic mass is 35.5. The van der Waals surface area contributed by atoms with Crippen molar-refractivity contribution in [1.82, 2.24) is 0 Å². The van der Waals surface area contributed by atoms with Gasteiger partial charge in [0.05, 0.1) is 47.1 Å². The fourth-order valence-electron chi connectivity index (χ4n) is 10.6. The molecule has 0 N–H and O–H groups in total. The SMILES string of the molecule is [N-]=[N+]=NCc1ccc(C2C/C(=N\c3ccccc3)N2c2ccccc2)cc1-c1cccc(N2/C(=N/c3ccccc3)CC2c2ccc(C(Cl)c3ccc(N4/C(=N/c5ccccc5)CC4c4ccccc4)cc3)cc2)c1. The van der Waals surface area contributed by atoms with E-state index >= 15 is 0 Å². The number of alkyl halides is 1. The van der Waals surface area contributed by atoms with E-state index in [0.717, 1.165) is 104 Å². The molecule has 0 radical (unpaired) electrons. The summed E-state index contributed by atoms with van der Waals surface area (Å²) in [5, 5.41) is 3.70. The molecule has 3 aliphatic heterocycles. The van der Waals surface area contributed by atoms with Gasteiger partial charge in [0.2, 0.25) is 0 Å². The zero-order chi connectivity index (χ0) is 50.5. The van der Waals surface area contributed by atoms with Crippen LogP contribution in [0.5, 0.6) is 0 Å². The maximum atomic E-state index is 9.47. The summed E-state index contributed by atoms with van der Waals surface area (Å²) in [7, 11) is 0. The summed E-state index contributed by atoms with van der Waals surface area (Å²) in [6, 6.07) is 84.5. The van der Waals surface area contributed by atoms with Gasteiger partial charge in [-0.2, -0.15) is 0 Å². The number of para-hydroxylation sites is 4. The third-order valence-corrected chi connectivity index (χ3v) is 15.0. The lowest BCUT2D eigenvalue weighted by Gasteiger charge is -2.44. The second-order valence-corrected chi connectivity index (χ2v) is 19.5. The molecule has 9 aromatic carbocycles. The van der Waals surface area contributed by atoms with Gasteiger partial charge in [0.25, 0.3) is 0 Å². The molecule has 0 amide bonds. The van der Waals surface area contributed by atoms with Crippen molar-refractivity contribution < 1.29 is 0 Å². The average Bonchev–Trinajstić information content (AvgIpc) is 3.45. The van der Waals surface area contributed by atoms with Crippen LogP contribution < -0.4 is 14.7 Å². The van der Waals surface area contributed by atoms with Gasteiger partial charge in [-0.05, 0) is 129 Å². The molecule has 364 valence electrons. The molecule has 9 aromatic rings. The van der Waals surface area contributed by atoms with E-state index in [1.807, 2.05) is 97.1 Å². The van der Waals surface area contributed by atoms with Crippen LogP contribution in [0, 0.1) is 0 Å². The lowest BCUT2D eigenvalue weighted by Crippen LogP contribution is -2.46. The molecule has 0 saturated carbocycles. The van der Waals surface area contributed by atoms with Crippen molar-refractivity contribution in [2.24, 2.45) is 20.1 Å². The van der Waals surface area contributed by atoms with Crippen molar-refractivity contribution in [2.75, 3.05) is 14.7 Å². The number of nitrogens with zero attached hydrogens (tertiary/aromatic N) is 9. The molecule has 0 bridgehead atoms. The smallest absolute Gasteiger partial charge is 0.112 e. The highest BCUT2D eigenvalue weighted by Gasteiger charge is 2.39. The van der Waals surface area contributed by atoms with Crippen LogP contribution in [0.15, 0.2) is 263 Å². The quantitative estimate of drug-likeness (QED) is 0.0470. The van der Waals surface area contributed by atoms with Gasteiger partial charge in [0.15, 0.2) is 0 Å². The molecule has 0 spiro atoms. The maximum absolute atomic E-state index is 9.47. The second-order valence-electron chi connectivity index (χ2n) is 19.1. The van der Waals surface area contributed by atoms with Crippen LogP contribution in [0.4, 0.5) is 34.1 Å². The van der Waals surface area contributed by atoms with Crippen molar-refractivity contribution >= 4 is 63.2 Å². The fourth-order valence-corrected chi connectivity index (χ4v) is 10.9. The minimum absolute atomic E-state index is 0.0383. The van der Waals surface area contributed by atoms with Crippen LogP contribution >= 0.6 is 11.6 Å². The van der Waals surface area contributed by atoms with Crippen LogP contribution in [-0.2, 0) is 6.54 Å². The van der Waals surface area contributed by atoms with Gasteiger partial charge >= 0.3 is 0 Å². The molecule has 3 aliphatic rings. The van der Waals surface area contributed by atoms with E-state index in [2.05, 4.69) is 170 Å². The molecule has 0 aromatic heterocycles. The van der Waals surface area contributed by atoms with Gasteiger partial charge in [0, 0.05) is 41.2 Å². The number of hydrogen-bond donors (Lipinski definition) is 0. The third-order valence-electron chi connectivity index (χ3n) is 14.5. The maximum Gasteiger partial charge on any atom is 0.112 e. The largest absolute Gasteiger partial charge is 0.322 e. The number of amidine groups is 3. The predicted molar refractivity (Wildman–Crippen MR) is 308 cm³/mol. The van der Waals surface area contributed by atoms with Gasteiger partial charge < -0.3 is 14.7 Å². The topological polar surface area (TPSA) is 95.6 Å². The van der Waals surface area contributed by atoms with Crippen LogP contribution in [0.1, 0.15) is 76.1 Å². The van der Waals surface area contributed by atoms with Crippen LogP contribution in [0.3, 0.4) is 0 Å². The molecule has 3 fully saturated rings. The van der Waals surface area contributed by atoms with Crippen LogP contribution in [0.25, 0.3) is 21.6 Å². The van der Waals surface area contributed by atoms with E-state index < -0.39 is 0 Å². The first-order valence-corrected chi connectivity index (χ1v) is 25.9. The van der Waals surface area contributed by atoms with Gasteiger partial charge in [-0.1, -0.05) is 169 Å². The number of halogens is 1. The standard InChI is InChI=1S/C65H52ClN9/c66-65(48-35-37-56(38-36-48)74-59(45-17-6-1-7-18-45)41-62(74)69-52-20-8-2-9-21-52)47-31-29-46(30-32-47)60-42-64(71-54-24-12-4-13-25-54)75(60)57-28-16-19-49(39-57)58-40-50(33-34-51(58)44-68-72-67)61-43-63(70-53-22-10-3-11-23-53)73(61)55-26-14-5-15-27-55/h1-40,59-61,65H,41-44H2/b69-62+,70-63+,71-64+. The minimum atomic E-state index is -0.339.